The molecule has 0 spiro atoms. The van der Waals surface area contributed by atoms with Crippen molar-refractivity contribution in [2.45, 2.75) is 23.7 Å². The topological polar surface area (TPSA) is 79.5 Å². The van der Waals surface area contributed by atoms with Crippen LogP contribution in [-0.2, 0) is 15.6 Å². The van der Waals surface area contributed by atoms with E-state index in [-0.39, 0.29) is 11.8 Å². The predicted molar refractivity (Wildman–Crippen MR) is 76.0 cm³/mol. The van der Waals surface area contributed by atoms with E-state index in [1.165, 1.54) is 17.6 Å². The SMILES string of the molecule is O=S(=O)(NCC(O)(c1ccco1)c1cccs1)C1CC1. The van der Waals surface area contributed by atoms with Crippen molar-refractivity contribution >= 4 is 21.4 Å². The van der Waals surface area contributed by atoms with Crippen molar-refractivity contribution in [1.82, 2.24) is 4.72 Å². The lowest BCUT2D eigenvalue weighted by atomic mass is 9.99. The monoisotopic (exact) mass is 313 g/mol. The van der Waals surface area contributed by atoms with Gasteiger partial charge in [-0.1, -0.05) is 6.07 Å². The summed E-state index contributed by atoms with van der Waals surface area (Å²) in [5.41, 5.74) is -1.47. The number of aliphatic hydroxyl groups is 1. The zero-order chi connectivity index (χ0) is 14.2. The Labute approximate surface area is 121 Å². The van der Waals surface area contributed by atoms with Crippen LogP contribution in [0.15, 0.2) is 40.3 Å². The molecule has 108 valence electrons. The number of furan rings is 1. The summed E-state index contributed by atoms with van der Waals surface area (Å²) in [5.74, 6) is 0.332. The molecule has 1 unspecified atom stereocenters. The predicted octanol–water partition coefficient (Wildman–Crippen LogP) is 1.66. The van der Waals surface area contributed by atoms with E-state index in [4.69, 9.17) is 4.42 Å². The number of rotatable bonds is 6. The Balaban J connectivity index is 1.87. The quantitative estimate of drug-likeness (QED) is 0.850. The molecule has 0 radical (unpaired) electrons. The first-order chi connectivity index (χ1) is 9.52. The second-order valence-corrected chi connectivity index (χ2v) is 7.87. The number of thiophene rings is 1. The Morgan fingerprint density at radius 1 is 1.40 bits per heavy atom. The van der Waals surface area contributed by atoms with Gasteiger partial charge in [0.15, 0.2) is 5.60 Å². The van der Waals surface area contributed by atoms with Crippen LogP contribution in [-0.4, -0.2) is 25.3 Å². The molecule has 2 aromatic heterocycles. The lowest BCUT2D eigenvalue weighted by Gasteiger charge is -2.25. The molecule has 0 aromatic carbocycles. The molecule has 0 aliphatic heterocycles. The van der Waals surface area contributed by atoms with Crippen molar-refractivity contribution in [3.05, 3.63) is 46.5 Å². The highest BCUT2D eigenvalue weighted by Gasteiger charge is 2.40. The average Bonchev–Trinajstić information content (AvgIpc) is 2.96. The number of sulfonamides is 1. The summed E-state index contributed by atoms with van der Waals surface area (Å²) in [6.07, 6.45) is 2.84. The highest BCUT2D eigenvalue weighted by Crippen LogP contribution is 2.34. The molecule has 1 atom stereocenters. The van der Waals surface area contributed by atoms with Crippen LogP contribution in [0.25, 0.3) is 0 Å². The van der Waals surface area contributed by atoms with Crippen molar-refractivity contribution in [3.63, 3.8) is 0 Å². The first kappa shape index (κ1) is 13.8. The normalized spacial score (nSPS) is 18.9. The lowest BCUT2D eigenvalue weighted by molar-refractivity contribution is 0.0655. The maximum atomic E-state index is 11.9. The fraction of sp³-hybridized carbons (Fsp3) is 0.385. The molecule has 2 aromatic rings. The number of hydrogen-bond acceptors (Lipinski definition) is 5. The fourth-order valence-corrected chi connectivity index (χ4v) is 4.26. The van der Waals surface area contributed by atoms with Crippen LogP contribution < -0.4 is 4.72 Å². The average molecular weight is 313 g/mol. The molecule has 3 rings (SSSR count). The van der Waals surface area contributed by atoms with Gasteiger partial charge in [0.1, 0.15) is 5.76 Å². The molecule has 1 aliphatic carbocycles. The van der Waals surface area contributed by atoms with E-state index < -0.39 is 15.6 Å². The molecule has 2 N–H and O–H groups in total. The largest absolute Gasteiger partial charge is 0.466 e. The van der Waals surface area contributed by atoms with Gasteiger partial charge in [-0.25, -0.2) is 13.1 Å². The zero-order valence-electron chi connectivity index (χ0n) is 10.7. The van der Waals surface area contributed by atoms with Crippen LogP contribution in [0.1, 0.15) is 23.5 Å². The Bertz CT molecular complexity index is 623. The number of hydrogen-bond donors (Lipinski definition) is 2. The van der Waals surface area contributed by atoms with Crippen molar-refractivity contribution < 1.29 is 17.9 Å². The van der Waals surface area contributed by atoms with E-state index in [2.05, 4.69) is 4.72 Å². The lowest BCUT2D eigenvalue weighted by Crippen LogP contribution is -2.42. The first-order valence-corrected chi connectivity index (χ1v) is 8.74. The van der Waals surface area contributed by atoms with E-state index in [1.807, 2.05) is 11.4 Å². The fourth-order valence-electron chi connectivity index (χ4n) is 2.02. The summed E-state index contributed by atoms with van der Waals surface area (Å²) in [6, 6.07) is 6.89. The van der Waals surface area contributed by atoms with Gasteiger partial charge < -0.3 is 9.52 Å². The second-order valence-electron chi connectivity index (χ2n) is 4.88. The Kier molecular flexibility index (Phi) is 3.45. The maximum absolute atomic E-state index is 11.9. The first-order valence-electron chi connectivity index (χ1n) is 6.31. The van der Waals surface area contributed by atoms with Crippen LogP contribution >= 0.6 is 11.3 Å². The van der Waals surface area contributed by atoms with Crippen molar-refractivity contribution in [3.8, 4) is 0 Å². The van der Waals surface area contributed by atoms with Crippen LogP contribution in [0.5, 0.6) is 0 Å². The van der Waals surface area contributed by atoms with Crippen molar-refractivity contribution in [2.75, 3.05) is 6.54 Å². The van der Waals surface area contributed by atoms with Gasteiger partial charge in [0.25, 0.3) is 0 Å². The highest BCUT2D eigenvalue weighted by molar-refractivity contribution is 7.90. The molecule has 0 amide bonds. The van der Waals surface area contributed by atoms with Crippen LogP contribution in [0.2, 0.25) is 0 Å². The van der Waals surface area contributed by atoms with Crippen LogP contribution in [0.3, 0.4) is 0 Å². The Morgan fingerprint density at radius 3 is 2.75 bits per heavy atom. The molecule has 1 saturated carbocycles. The summed E-state index contributed by atoms with van der Waals surface area (Å²) in [6.45, 7) is -0.125. The van der Waals surface area contributed by atoms with Gasteiger partial charge in [-0.3, -0.25) is 0 Å². The van der Waals surface area contributed by atoms with Crippen molar-refractivity contribution in [2.24, 2.45) is 0 Å². The molecule has 7 heteroatoms. The molecule has 1 fully saturated rings. The molecule has 2 heterocycles. The van der Waals surface area contributed by atoms with E-state index in [1.54, 1.807) is 18.2 Å². The van der Waals surface area contributed by atoms with Gasteiger partial charge in [0, 0.05) is 4.88 Å². The van der Waals surface area contributed by atoms with Gasteiger partial charge in [0.05, 0.1) is 18.1 Å². The minimum atomic E-state index is -3.35. The van der Waals surface area contributed by atoms with Gasteiger partial charge in [-0.2, -0.15) is 0 Å². The Hall–Kier alpha value is -1.15. The van der Waals surface area contributed by atoms with Gasteiger partial charge in [-0.05, 0) is 36.4 Å². The maximum Gasteiger partial charge on any atom is 0.214 e. The van der Waals surface area contributed by atoms with E-state index >= 15 is 0 Å². The molecular formula is C13H15NO4S2. The van der Waals surface area contributed by atoms with E-state index in [0.29, 0.717) is 23.5 Å². The zero-order valence-corrected chi connectivity index (χ0v) is 12.3. The van der Waals surface area contributed by atoms with E-state index in [9.17, 15) is 13.5 Å². The Morgan fingerprint density at radius 2 is 2.20 bits per heavy atom. The third-order valence-corrected chi connectivity index (χ3v) is 6.27. The third-order valence-electron chi connectivity index (χ3n) is 3.35. The summed E-state index contributed by atoms with van der Waals surface area (Å²) in [4.78, 5) is 0.644. The van der Waals surface area contributed by atoms with Gasteiger partial charge in [-0.15, -0.1) is 11.3 Å². The molecule has 20 heavy (non-hydrogen) atoms. The number of nitrogens with one attached hydrogen (secondary N) is 1. The minimum absolute atomic E-state index is 0.125. The third kappa shape index (κ3) is 2.54. The highest BCUT2D eigenvalue weighted by atomic mass is 32.2. The molecule has 5 nitrogen and oxygen atoms in total. The van der Waals surface area contributed by atoms with E-state index in [0.717, 1.165) is 0 Å². The van der Waals surface area contributed by atoms with Gasteiger partial charge in [0.2, 0.25) is 10.0 Å². The molecule has 0 saturated heterocycles. The second kappa shape index (κ2) is 5.00. The smallest absolute Gasteiger partial charge is 0.214 e. The van der Waals surface area contributed by atoms with Crippen LogP contribution in [0, 0.1) is 0 Å². The summed E-state index contributed by atoms with van der Waals surface area (Å²) in [5, 5.41) is 12.4. The molecular weight excluding hydrogens is 298 g/mol. The molecule has 1 aliphatic rings. The van der Waals surface area contributed by atoms with Gasteiger partial charge >= 0.3 is 0 Å². The van der Waals surface area contributed by atoms with Crippen molar-refractivity contribution in [1.29, 1.82) is 0 Å². The standard InChI is InChI=1S/C13H15NO4S2/c15-13(11-3-1-7-18-11,12-4-2-8-19-12)9-14-20(16,17)10-5-6-10/h1-4,7-8,10,14-15H,5-6,9H2. The minimum Gasteiger partial charge on any atom is -0.466 e. The summed E-state index contributed by atoms with van der Waals surface area (Å²) in [7, 11) is -3.35. The van der Waals surface area contributed by atoms with Crippen LogP contribution in [0.4, 0.5) is 0 Å². The summed E-state index contributed by atoms with van der Waals surface area (Å²) < 4.78 is 31.7. The summed E-state index contributed by atoms with van der Waals surface area (Å²) >= 11 is 1.36. The molecule has 0 bridgehead atoms.